The Balaban J connectivity index is 2.65. The van der Waals surface area contributed by atoms with E-state index in [2.05, 4.69) is 6.07 Å². The molecule has 0 amide bonds. The van der Waals surface area contributed by atoms with Gasteiger partial charge >= 0.3 is 0 Å². The van der Waals surface area contributed by atoms with Crippen molar-refractivity contribution in [3.8, 4) is 0 Å². The van der Waals surface area contributed by atoms with Crippen LogP contribution in [0, 0.1) is 26.7 Å². The van der Waals surface area contributed by atoms with Crippen molar-refractivity contribution in [3.05, 3.63) is 69.2 Å². The van der Waals surface area contributed by atoms with Crippen LogP contribution in [0.15, 0.2) is 42.5 Å². The van der Waals surface area contributed by atoms with E-state index in [-0.39, 0.29) is 5.82 Å². The zero-order chi connectivity index (χ0) is 8.84. The molecule has 0 radical (unpaired) electrons. The van der Waals surface area contributed by atoms with Gasteiger partial charge in [-0.2, -0.15) is 0 Å². The van der Waals surface area contributed by atoms with Crippen LogP contribution in [0.5, 0.6) is 0 Å². The molecule has 3 rings (SSSR count). The summed E-state index contributed by atoms with van der Waals surface area (Å²) in [6.07, 6.45) is 0. The van der Waals surface area contributed by atoms with Crippen LogP contribution >= 0.6 is 0 Å². The molecule has 0 aromatic heterocycles. The third-order valence-electron chi connectivity index (χ3n) is 2.49. The molecular formula is C12H7F. The van der Waals surface area contributed by atoms with E-state index in [1.165, 1.54) is 11.3 Å². The molecule has 1 aliphatic carbocycles. The van der Waals surface area contributed by atoms with Gasteiger partial charge in [0.2, 0.25) is 0 Å². The quantitative estimate of drug-likeness (QED) is 0.486. The normalized spacial score (nSPS) is 11.5. The number of hydrogen-bond acceptors (Lipinski definition) is 0. The van der Waals surface area contributed by atoms with E-state index in [0.29, 0.717) is 0 Å². The lowest BCUT2D eigenvalue weighted by Crippen LogP contribution is -1.91. The van der Waals surface area contributed by atoms with Crippen LogP contribution in [0.2, 0.25) is 0 Å². The smallest absolute Gasteiger partial charge is 0.123 e. The van der Waals surface area contributed by atoms with E-state index in [9.17, 15) is 4.39 Å². The van der Waals surface area contributed by atoms with Crippen molar-refractivity contribution < 1.29 is 4.39 Å². The topological polar surface area (TPSA) is 0 Å². The van der Waals surface area contributed by atoms with Crippen LogP contribution in [-0.2, 0) is 0 Å². The predicted octanol–water partition coefficient (Wildman–Crippen LogP) is 2.71. The molecule has 0 saturated carbocycles. The molecule has 0 N–H and O–H groups in total. The highest BCUT2D eigenvalue weighted by Crippen LogP contribution is 2.13. The molecule has 0 saturated heterocycles. The van der Waals surface area contributed by atoms with Crippen molar-refractivity contribution in [2.75, 3.05) is 0 Å². The van der Waals surface area contributed by atoms with E-state index < -0.39 is 0 Å². The van der Waals surface area contributed by atoms with Gasteiger partial charge in [-0.15, -0.1) is 0 Å². The maximum Gasteiger partial charge on any atom is 0.123 e. The standard InChI is InChI=1S/C12H7F/c13-8-5-6-11-9-3-1-2-4-10(9)12(11)7-8/h1-7H. The Bertz CT molecular complexity index is 656. The molecule has 62 valence electrons. The number of rotatable bonds is 0. The first-order valence-electron chi connectivity index (χ1n) is 4.25. The molecule has 0 bridgehead atoms. The Kier molecular flexibility index (Phi) is 1.15. The van der Waals surface area contributed by atoms with Gasteiger partial charge in [0.1, 0.15) is 5.82 Å². The highest BCUT2D eigenvalue weighted by atomic mass is 19.1. The van der Waals surface area contributed by atoms with Gasteiger partial charge in [0.25, 0.3) is 0 Å². The Morgan fingerprint density at radius 3 is 2.08 bits per heavy atom. The van der Waals surface area contributed by atoms with Gasteiger partial charge in [0.05, 0.1) is 0 Å². The van der Waals surface area contributed by atoms with Crippen molar-refractivity contribution in [3.63, 3.8) is 0 Å². The summed E-state index contributed by atoms with van der Waals surface area (Å²) < 4.78 is 12.9. The number of halogens is 1. The molecular weight excluding hydrogens is 163 g/mol. The molecule has 0 spiro atoms. The summed E-state index contributed by atoms with van der Waals surface area (Å²) in [6, 6.07) is 13.0. The maximum atomic E-state index is 12.9. The van der Waals surface area contributed by atoms with Crippen LogP contribution in [0.3, 0.4) is 0 Å². The summed E-state index contributed by atoms with van der Waals surface area (Å²) >= 11 is 0. The zero-order valence-corrected chi connectivity index (χ0v) is 6.92. The zero-order valence-electron chi connectivity index (χ0n) is 6.92. The predicted molar refractivity (Wildman–Crippen MR) is 48.2 cm³/mol. The van der Waals surface area contributed by atoms with Gasteiger partial charge in [-0.05, 0) is 33.0 Å². The average Bonchev–Trinajstić information content (AvgIpc) is 2.15. The van der Waals surface area contributed by atoms with Gasteiger partial charge in [-0.1, -0.05) is 30.3 Å². The highest BCUT2D eigenvalue weighted by molar-refractivity contribution is 5.29. The molecule has 2 aromatic rings. The van der Waals surface area contributed by atoms with E-state index in [1.807, 2.05) is 24.3 Å². The van der Waals surface area contributed by atoms with Crippen LogP contribution in [-0.4, -0.2) is 0 Å². The first kappa shape index (κ1) is 6.84. The summed E-state index contributed by atoms with van der Waals surface area (Å²) in [4.78, 5) is 0. The summed E-state index contributed by atoms with van der Waals surface area (Å²) in [7, 11) is 0. The monoisotopic (exact) mass is 170 g/mol. The van der Waals surface area contributed by atoms with Crippen LogP contribution in [0.4, 0.5) is 4.39 Å². The number of fused-ring (bicyclic) bond motifs is 2. The average molecular weight is 170 g/mol. The second-order valence-corrected chi connectivity index (χ2v) is 3.24. The first-order chi connectivity index (χ1) is 6.36. The second-order valence-electron chi connectivity index (χ2n) is 3.24. The molecule has 0 fully saturated rings. The summed E-state index contributed by atoms with van der Waals surface area (Å²) in [5, 5.41) is 4.60. The van der Waals surface area contributed by atoms with E-state index in [0.717, 1.165) is 15.7 Å². The van der Waals surface area contributed by atoms with Crippen molar-refractivity contribution in [1.82, 2.24) is 0 Å². The summed E-state index contributed by atoms with van der Waals surface area (Å²) in [6.45, 7) is 0. The van der Waals surface area contributed by atoms with Gasteiger partial charge in [-0.25, -0.2) is 4.39 Å². The summed E-state index contributed by atoms with van der Waals surface area (Å²) in [5.74, 6) is -0.159. The molecule has 0 aliphatic heterocycles. The molecule has 13 heavy (non-hydrogen) atoms. The Hall–Kier alpha value is -1.63. The first-order valence-corrected chi connectivity index (χ1v) is 4.25. The fourth-order valence-electron chi connectivity index (χ4n) is 1.86. The SMILES string of the molecule is Fc1ccc2c(c1)=c1ccccc1=2. The van der Waals surface area contributed by atoms with Gasteiger partial charge in [0.15, 0.2) is 0 Å². The molecule has 0 atom stereocenters. The maximum absolute atomic E-state index is 12.9. The van der Waals surface area contributed by atoms with E-state index in [4.69, 9.17) is 0 Å². The van der Waals surface area contributed by atoms with Gasteiger partial charge in [-0.3, -0.25) is 0 Å². The third kappa shape index (κ3) is 0.788. The molecule has 2 aromatic carbocycles. The molecule has 0 heterocycles. The van der Waals surface area contributed by atoms with Crippen LogP contribution in [0.25, 0.3) is 0 Å². The number of hydrogen-bond donors (Lipinski definition) is 0. The Morgan fingerprint density at radius 1 is 0.692 bits per heavy atom. The lowest BCUT2D eigenvalue weighted by Gasteiger charge is -2.03. The molecule has 1 aliphatic rings. The van der Waals surface area contributed by atoms with E-state index >= 15 is 0 Å². The minimum Gasteiger partial charge on any atom is -0.207 e. The van der Waals surface area contributed by atoms with Gasteiger partial charge in [0, 0.05) is 0 Å². The minimum absolute atomic E-state index is 0.159. The Labute approximate surface area is 74.3 Å². The Morgan fingerprint density at radius 2 is 1.31 bits per heavy atom. The lowest BCUT2D eigenvalue weighted by molar-refractivity contribution is 0.626. The second kappa shape index (κ2) is 2.19. The largest absolute Gasteiger partial charge is 0.207 e. The minimum atomic E-state index is -0.159. The molecule has 0 nitrogen and oxygen atoms in total. The molecule has 1 heteroatoms. The van der Waals surface area contributed by atoms with Crippen molar-refractivity contribution in [2.24, 2.45) is 0 Å². The summed E-state index contributed by atoms with van der Waals surface area (Å²) in [5.41, 5.74) is 0. The van der Waals surface area contributed by atoms with Crippen molar-refractivity contribution >= 4 is 0 Å². The van der Waals surface area contributed by atoms with Crippen molar-refractivity contribution in [2.45, 2.75) is 0 Å². The third-order valence-corrected chi connectivity index (χ3v) is 2.49. The highest BCUT2D eigenvalue weighted by Gasteiger charge is 2.01. The van der Waals surface area contributed by atoms with Crippen LogP contribution in [0.1, 0.15) is 0 Å². The van der Waals surface area contributed by atoms with E-state index in [1.54, 1.807) is 6.07 Å². The van der Waals surface area contributed by atoms with Crippen LogP contribution < -0.4 is 0 Å². The van der Waals surface area contributed by atoms with Gasteiger partial charge < -0.3 is 0 Å². The fraction of sp³-hybridized carbons (Fsp3) is 0. The molecule has 0 unspecified atom stereocenters. The fourth-order valence-corrected chi connectivity index (χ4v) is 1.86. The van der Waals surface area contributed by atoms with Crippen molar-refractivity contribution in [1.29, 1.82) is 0 Å². The number of benzene rings is 2. The lowest BCUT2D eigenvalue weighted by atomic mass is 10.0.